The molecule has 1 saturated carbocycles. The summed E-state index contributed by atoms with van der Waals surface area (Å²) in [5, 5.41) is 1.98. The van der Waals surface area contributed by atoms with Crippen LogP contribution in [-0.2, 0) is 11.3 Å². The van der Waals surface area contributed by atoms with Gasteiger partial charge in [-0.2, -0.15) is 0 Å². The highest BCUT2D eigenvalue weighted by atomic mass is 32.1. The summed E-state index contributed by atoms with van der Waals surface area (Å²) in [5.41, 5.74) is 8.68. The van der Waals surface area contributed by atoms with Crippen LogP contribution in [0, 0.1) is 5.92 Å². The van der Waals surface area contributed by atoms with Crippen LogP contribution in [0.2, 0.25) is 0 Å². The number of amides is 1. The van der Waals surface area contributed by atoms with E-state index >= 15 is 0 Å². The van der Waals surface area contributed by atoms with Gasteiger partial charge in [0.15, 0.2) is 0 Å². The van der Waals surface area contributed by atoms with Crippen LogP contribution in [0.1, 0.15) is 31.4 Å². The van der Waals surface area contributed by atoms with Crippen molar-refractivity contribution in [2.75, 3.05) is 7.05 Å². The van der Waals surface area contributed by atoms with E-state index in [1.807, 2.05) is 12.4 Å². The first-order valence-electron chi connectivity index (χ1n) is 6.04. The van der Waals surface area contributed by atoms with Crippen molar-refractivity contribution in [1.29, 1.82) is 0 Å². The van der Waals surface area contributed by atoms with Crippen molar-refractivity contribution in [2.24, 2.45) is 11.7 Å². The van der Waals surface area contributed by atoms with Gasteiger partial charge < -0.3 is 10.6 Å². The van der Waals surface area contributed by atoms with Gasteiger partial charge in [-0.15, -0.1) is 11.3 Å². The van der Waals surface area contributed by atoms with Gasteiger partial charge in [0.25, 0.3) is 0 Å². The highest BCUT2D eigenvalue weighted by Crippen LogP contribution is 2.25. The maximum Gasteiger partial charge on any atom is 0.225 e. The summed E-state index contributed by atoms with van der Waals surface area (Å²) in [5.74, 6) is 0.329. The van der Waals surface area contributed by atoms with Crippen LogP contribution in [0.3, 0.4) is 0 Å². The van der Waals surface area contributed by atoms with E-state index in [0.717, 1.165) is 31.4 Å². The molecule has 94 valence electrons. The van der Waals surface area contributed by atoms with Gasteiger partial charge in [-0.3, -0.25) is 4.79 Å². The number of rotatable bonds is 3. The van der Waals surface area contributed by atoms with Gasteiger partial charge in [-0.1, -0.05) is 6.42 Å². The van der Waals surface area contributed by atoms with Crippen molar-refractivity contribution in [2.45, 2.75) is 38.3 Å². The summed E-state index contributed by atoms with van der Waals surface area (Å²) in [6, 6.07) is 0.199. The molecule has 2 N–H and O–H groups in total. The number of nitrogens with zero attached hydrogens (tertiary/aromatic N) is 2. The first-order chi connectivity index (χ1) is 8.16. The predicted octanol–water partition coefficient (Wildman–Crippen LogP) is 1.62. The average molecular weight is 253 g/mol. The van der Waals surface area contributed by atoms with Gasteiger partial charge in [0.05, 0.1) is 17.7 Å². The Labute approximate surface area is 106 Å². The Morgan fingerprint density at radius 1 is 1.65 bits per heavy atom. The van der Waals surface area contributed by atoms with Crippen LogP contribution >= 0.6 is 11.3 Å². The molecule has 0 saturated heterocycles. The third kappa shape index (κ3) is 3.26. The van der Waals surface area contributed by atoms with Crippen molar-refractivity contribution in [1.82, 2.24) is 9.88 Å². The summed E-state index contributed by atoms with van der Waals surface area (Å²) in [4.78, 5) is 18.2. The van der Waals surface area contributed by atoms with E-state index in [0.29, 0.717) is 6.54 Å². The Morgan fingerprint density at radius 2 is 2.47 bits per heavy atom. The van der Waals surface area contributed by atoms with Gasteiger partial charge in [0.2, 0.25) is 5.91 Å². The van der Waals surface area contributed by atoms with Gasteiger partial charge in [-0.25, -0.2) is 4.98 Å². The lowest BCUT2D eigenvalue weighted by Gasteiger charge is -2.29. The Bertz CT molecular complexity index is 366. The van der Waals surface area contributed by atoms with Crippen LogP contribution < -0.4 is 5.73 Å². The number of carbonyl (C=O) groups is 1. The second-order valence-corrected chi connectivity index (χ2v) is 5.52. The van der Waals surface area contributed by atoms with Crippen LogP contribution in [0.25, 0.3) is 0 Å². The summed E-state index contributed by atoms with van der Waals surface area (Å²) in [7, 11) is 1.85. The molecule has 1 amide bonds. The molecule has 1 aliphatic rings. The SMILES string of the molecule is CN(Cc1cscn1)C(=O)C1CCCC(N)C1. The lowest BCUT2D eigenvalue weighted by molar-refractivity contribution is -0.136. The minimum Gasteiger partial charge on any atom is -0.340 e. The lowest BCUT2D eigenvalue weighted by atomic mass is 9.85. The zero-order valence-electron chi connectivity index (χ0n) is 10.1. The molecule has 0 bridgehead atoms. The minimum absolute atomic E-state index is 0.113. The molecule has 0 radical (unpaired) electrons. The van der Waals surface area contributed by atoms with Crippen molar-refractivity contribution < 1.29 is 4.79 Å². The summed E-state index contributed by atoms with van der Waals surface area (Å²) in [6.45, 7) is 0.605. The molecular weight excluding hydrogens is 234 g/mol. The Hall–Kier alpha value is -0.940. The van der Waals surface area contributed by atoms with Gasteiger partial charge in [-0.05, 0) is 19.3 Å². The minimum atomic E-state index is 0.113. The maximum atomic E-state index is 12.2. The van der Waals surface area contributed by atoms with E-state index in [1.54, 1.807) is 21.7 Å². The van der Waals surface area contributed by atoms with Crippen LogP contribution in [0.5, 0.6) is 0 Å². The fourth-order valence-corrected chi connectivity index (χ4v) is 2.95. The summed E-state index contributed by atoms with van der Waals surface area (Å²) < 4.78 is 0. The van der Waals surface area contributed by atoms with Crippen LogP contribution in [0.15, 0.2) is 10.9 Å². The normalized spacial score (nSPS) is 24.6. The molecule has 4 nitrogen and oxygen atoms in total. The van der Waals surface area contributed by atoms with E-state index in [2.05, 4.69) is 4.98 Å². The van der Waals surface area contributed by atoms with Crippen molar-refractivity contribution in [3.8, 4) is 0 Å². The van der Waals surface area contributed by atoms with Gasteiger partial charge >= 0.3 is 0 Å². The third-order valence-corrected chi connectivity index (χ3v) is 3.96. The summed E-state index contributed by atoms with van der Waals surface area (Å²) >= 11 is 1.56. The van der Waals surface area contributed by atoms with Crippen molar-refractivity contribution in [3.63, 3.8) is 0 Å². The van der Waals surface area contributed by atoms with E-state index < -0.39 is 0 Å². The molecule has 1 aromatic heterocycles. The summed E-state index contributed by atoms with van der Waals surface area (Å²) in [6.07, 6.45) is 3.94. The van der Waals surface area contributed by atoms with Crippen LogP contribution in [0.4, 0.5) is 0 Å². The smallest absolute Gasteiger partial charge is 0.225 e. The molecule has 0 aliphatic heterocycles. The fourth-order valence-electron chi connectivity index (χ4n) is 2.40. The number of thiazole rings is 1. The Kier molecular flexibility index (Phi) is 4.12. The van der Waals surface area contributed by atoms with Crippen molar-refractivity contribution >= 4 is 17.2 Å². The van der Waals surface area contributed by atoms with E-state index in [-0.39, 0.29) is 17.9 Å². The topological polar surface area (TPSA) is 59.2 Å². The fraction of sp³-hybridized carbons (Fsp3) is 0.667. The monoisotopic (exact) mass is 253 g/mol. The molecule has 0 spiro atoms. The zero-order chi connectivity index (χ0) is 12.3. The molecule has 1 aromatic rings. The number of hydrogen-bond acceptors (Lipinski definition) is 4. The molecule has 0 aromatic carbocycles. The number of carbonyl (C=O) groups excluding carboxylic acids is 1. The molecule has 1 fully saturated rings. The molecule has 2 rings (SSSR count). The van der Waals surface area contributed by atoms with E-state index in [1.165, 1.54) is 0 Å². The van der Waals surface area contributed by atoms with E-state index in [4.69, 9.17) is 5.73 Å². The largest absolute Gasteiger partial charge is 0.340 e. The second kappa shape index (κ2) is 5.60. The third-order valence-electron chi connectivity index (χ3n) is 3.32. The molecule has 2 atom stereocenters. The first-order valence-corrected chi connectivity index (χ1v) is 6.98. The lowest BCUT2D eigenvalue weighted by Crippen LogP contribution is -2.38. The predicted molar refractivity (Wildman–Crippen MR) is 68.5 cm³/mol. The number of hydrogen-bond donors (Lipinski definition) is 1. The zero-order valence-corrected chi connectivity index (χ0v) is 10.9. The molecule has 5 heteroatoms. The van der Waals surface area contributed by atoms with Crippen molar-refractivity contribution in [3.05, 3.63) is 16.6 Å². The average Bonchev–Trinajstić information content (AvgIpc) is 2.80. The molecule has 17 heavy (non-hydrogen) atoms. The molecule has 1 heterocycles. The van der Waals surface area contributed by atoms with Gasteiger partial charge in [0.1, 0.15) is 0 Å². The Balaban J connectivity index is 1.90. The number of aromatic nitrogens is 1. The molecular formula is C12H19N3OS. The Morgan fingerprint density at radius 3 is 3.12 bits per heavy atom. The molecule has 2 unspecified atom stereocenters. The van der Waals surface area contributed by atoms with Gasteiger partial charge in [0, 0.05) is 24.4 Å². The van der Waals surface area contributed by atoms with Crippen LogP contribution in [-0.4, -0.2) is 28.9 Å². The molecule has 1 aliphatic carbocycles. The highest BCUT2D eigenvalue weighted by molar-refractivity contribution is 7.07. The first kappa shape index (κ1) is 12.5. The quantitative estimate of drug-likeness (QED) is 0.890. The standard InChI is InChI=1S/C12H19N3OS/c1-15(6-11-7-17-8-14-11)12(16)9-3-2-4-10(13)5-9/h7-10H,2-6,13H2,1H3. The maximum absolute atomic E-state index is 12.2. The highest BCUT2D eigenvalue weighted by Gasteiger charge is 2.27. The second-order valence-electron chi connectivity index (χ2n) is 4.80. The van der Waals surface area contributed by atoms with E-state index in [9.17, 15) is 4.79 Å². The number of nitrogens with two attached hydrogens (primary N) is 1.